The van der Waals surface area contributed by atoms with Gasteiger partial charge >= 0.3 is 5.97 Å². The summed E-state index contributed by atoms with van der Waals surface area (Å²) in [5.41, 5.74) is 4.03. The molecule has 0 aliphatic carbocycles. The van der Waals surface area contributed by atoms with Crippen LogP contribution < -0.4 is 4.74 Å². The quantitative estimate of drug-likeness (QED) is 0.130. The normalized spacial score (nSPS) is 11.7. The molecule has 3 aromatic rings. The molecular weight excluding hydrogens is 414 g/mol. The fourth-order valence-corrected chi connectivity index (χ4v) is 3.76. The van der Waals surface area contributed by atoms with Crippen molar-refractivity contribution >= 4 is 29.0 Å². The van der Waals surface area contributed by atoms with Crippen LogP contribution >= 0.6 is 0 Å². The van der Waals surface area contributed by atoms with Gasteiger partial charge in [0.05, 0.1) is 18.7 Å². The van der Waals surface area contributed by atoms with Crippen molar-refractivity contribution in [2.24, 2.45) is 7.05 Å². The maximum Gasteiger partial charge on any atom is 0.308 e. The van der Waals surface area contributed by atoms with Crippen molar-refractivity contribution in [3.8, 4) is 5.75 Å². The summed E-state index contributed by atoms with van der Waals surface area (Å²) in [7, 11) is 2.05. The predicted molar refractivity (Wildman–Crippen MR) is 134 cm³/mol. The van der Waals surface area contributed by atoms with Gasteiger partial charge in [0.1, 0.15) is 5.75 Å². The Kier molecular flexibility index (Phi) is 9.28. The van der Waals surface area contributed by atoms with Gasteiger partial charge < -0.3 is 18.8 Å². The Morgan fingerprint density at radius 2 is 1.67 bits per heavy atom. The van der Waals surface area contributed by atoms with Crippen molar-refractivity contribution < 1.29 is 19.0 Å². The molecule has 0 spiro atoms. The number of benzene rings is 2. The molecule has 0 aliphatic rings. The van der Waals surface area contributed by atoms with Gasteiger partial charge in [-0.25, -0.2) is 0 Å². The fraction of sp³-hybridized carbons (Fsp3) is 0.393. The second-order valence-electron chi connectivity index (χ2n) is 8.16. The lowest BCUT2D eigenvalue weighted by molar-refractivity contribution is -0.147. The van der Waals surface area contributed by atoms with Gasteiger partial charge in [0, 0.05) is 36.2 Å². The second-order valence-corrected chi connectivity index (χ2v) is 8.16. The van der Waals surface area contributed by atoms with Gasteiger partial charge in [0.25, 0.3) is 0 Å². The van der Waals surface area contributed by atoms with E-state index in [4.69, 9.17) is 14.2 Å². The van der Waals surface area contributed by atoms with E-state index >= 15 is 0 Å². The number of ether oxygens (including phenoxy) is 3. The van der Waals surface area contributed by atoms with E-state index in [1.807, 2.05) is 30.4 Å². The molecule has 5 heteroatoms. The SMILES string of the molecule is CCCCOC(OCCCC)c1cccc2cc(C=Cc3ccccc3OC(C)=O)n(C)c12. The van der Waals surface area contributed by atoms with Gasteiger partial charge in [-0.1, -0.05) is 63.1 Å². The van der Waals surface area contributed by atoms with Crippen LogP contribution in [0, 0.1) is 0 Å². The van der Waals surface area contributed by atoms with E-state index < -0.39 is 0 Å². The van der Waals surface area contributed by atoms with E-state index in [1.54, 1.807) is 6.07 Å². The first kappa shape index (κ1) is 24.7. The van der Waals surface area contributed by atoms with Gasteiger partial charge in [0.2, 0.25) is 0 Å². The largest absolute Gasteiger partial charge is 0.426 e. The van der Waals surface area contributed by atoms with Crippen molar-refractivity contribution in [3.63, 3.8) is 0 Å². The van der Waals surface area contributed by atoms with Crippen LogP contribution in [0.3, 0.4) is 0 Å². The molecule has 0 aliphatic heterocycles. The molecule has 0 bridgehead atoms. The highest BCUT2D eigenvalue weighted by Gasteiger charge is 2.18. The summed E-state index contributed by atoms with van der Waals surface area (Å²) in [6, 6.07) is 15.9. The third-order valence-electron chi connectivity index (χ3n) is 5.52. The first-order chi connectivity index (χ1) is 16.0. The second kappa shape index (κ2) is 12.4. The molecular formula is C28H35NO4. The van der Waals surface area contributed by atoms with Crippen molar-refractivity contribution in [2.45, 2.75) is 52.7 Å². The number of hydrogen-bond acceptors (Lipinski definition) is 4. The van der Waals surface area contributed by atoms with Gasteiger partial charge in [-0.3, -0.25) is 4.79 Å². The van der Waals surface area contributed by atoms with Crippen LogP contribution in [0.1, 0.15) is 69.6 Å². The van der Waals surface area contributed by atoms with Crippen molar-refractivity contribution in [2.75, 3.05) is 13.2 Å². The van der Waals surface area contributed by atoms with Crippen LogP contribution in [0.25, 0.3) is 23.1 Å². The van der Waals surface area contributed by atoms with Crippen LogP contribution in [0.2, 0.25) is 0 Å². The highest BCUT2D eigenvalue weighted by molar-refractivity contribution is 5.88. The molecule has 0 saturated carbocycles. The summed E-state index contributed by atoms with van der Waals surface area (Å²) in [6.07, 6.45) is 7.80. The molecule has 0 atom stereocenters. The molecule has 0 fully saturated rings. The van der Waals surface area contributed by atoms with Crippen molar-refractivity contribution in [1.82, 2.24) is 4.57 Å². The van der Waals surface area contributed by atoms with E-state index in [9.17, 15) is 4.79 Å². The number of para-hydroxylation sites is 2. The third kappa shape index (κ3) is 6.56. The molecule has 0 radical (unpaired) electrons. The summed E-state index contributed by atoms with van der Waals surface area (Å²) in [4.78, 5) is 11.4. The van der Waals surface area contributed by atoms with Gasteiger partial charge in [-0.05, 0) is 37.1 Å². The number of aryl methyl sites for hydroxylation is 1. The fourth-order valence-electron chi connectivity index (χ4n) is 3.76. The summed E-state index contributed by atoms with van der Waals surface area (Å²) >= 11 is 0. The standard InChI is InChI=1S/C28H35NO4/c1-5-7-18-31-28(32-19-8-6-2)25-14-11-13-23-20-24(29(4)27(23)25)17-16-22-12-9-10-15-26(22)33-21(3)30/h9-17,20,28H,5-8,18-19H2,1-4H3. The lowest BCUT2D eigenvalue weighted by Crippen LogP contribution is -2.12. The lowest BCUT2D eigenvalue weighted by Gasteiger charge is -2.20. The van der Waals surface area contributed by atoms with Crippen LogP contribution in [0.4, 0.5) is 0 Å². The zero-order chi connectivity index (χ0) is 23.6. The van der Waals surface area contributed by atoms with Crippen molar-refractivity contribution in [1.29, 1.82) is 0 Å². The molecule has 176 valence electrons. The Morgan fingerprint density at radius 3 is 2.33 bits per heavy atom. The van der Waals surface area contributed by atoms with Crippen LogP contribution in [-0.2, 0) is 21.3 Å². The molecule has 5 nitrogen and oxygen atoms in total. The average molecular weight is 450 g/mol. The summed E-state index contributed by atoms with van der Waals surface area (Å²) < 4.78 is 19.8. The Hall–Kier alpha value is -2.89. The van der Waals surface area contributed by atoms with E-state index in [0.717, 1.165) is 53.4 Å². The van der Waals surface area contributed by atoms with Gasteiger partial charge in [0.15, 0.2) is 6.29 Å². The molecule has 0 saturated heterocycles. The number of rotatable bonds is 12. The molecule has 0 amide bonds. The molecule has 2 aromatic carbocycles. The zero-order valence-electron chi connectivity index (χ0n) is 20.2. The number of hydrogen-bond donors (Lipinski definition) is 0. The van der Waals surface area contributed by atoms with Crippen LogP contribution in [0.5, 0.6) is 5.75 Å². The predicted octanol–water partition coefficient (Wildman–Crippen LogP) is 6.91. The smallest absolute Gasteiger partial charge is 0.308 e. The maximum absolute atomic E-state index is 11.4. The Labute approximate surface area is 197 Å². The summed E-state index contributed by atoms with van der Waals surface area (Å²) in [5, 5.41) is 1.13. The minimum absolute atomic E-state index is 0.331. The van der Waals surface area contributed by atoms with Gasteiger partial charge in [-0.15, -0.1) is 0 Å². The molecule has 33 heavy (non-hydrogen) atoms. The minimum Gasteiger partial charge on any atom is -0.426 e. The molecule has 3 rings (SSSR count). The molecule has 0 N–H and O–H groups in total. The van der Waals surface area contributed by atoms with Crippen LogP contribution in [-0.4, -0.2) is 23.8 Å². The Morgan fingerprint density at radius 1 is 0.970 bits per heavy atom. The number of carbonyl (C=O) groups excluding carboxylic acids is 1. The van der Waals surface area contributed by atoms with E-state index in [2.05, 4.69) is 49.7 Å². The first-order valence-electron chi connectivity index (χ1n) is 11.8. The van der Waals surface area contributed by atoms with Crippen molar-refractivity contribution in [3.05, 3.63) is 65.4 Å². The number of unbranched alkanes of at least 4 members (excludes halogenated alkanes) is 2. The highest BCUT2D eigenvalue weighted by Crippen LogP contribution is 2.31. The summed E-state index contributed by atoms with van der Waals surface area (Å²) in [6.45, 7) is 7.08. The lowest BCUT2D eigenvalue weighted by atomic mass is 10.1. The topological polar surface area (TPSA) is 49.7 Å². The third-order valence-corrected chi connectivity index (χ3v) is 5.52. The number of aromatic nitrogens is 1. The Bertz CT molecular complexity index is 1070. The maximum atomic E-state index is 11.4. The number of nitrogens with zero attached hydrogens (tertiary/aromatic N) is 1. The number of fused-ring (bicyclic) bond motifs is 1. The van der Waals surface area contributed by atoms with E-state index in [1.165, 1.54) is 6.92 Å². The number of carbonyl (C=O) groups is 1. The molecule has 0 unspecified atom stereocenters. The van der Waals surface area contributed by atoms with Gasteiger partial charge in [-0.2, -0.15) is 0 Å². The summed E-state index contributed by atoms with van der Waals surface area (Å²) in [5.74, 6) is 0.219. The minimum atomic E-state index is -0.387. The van der Waals surface area contributed by atoms with E-state index in [0.29, 0.717) is 19.0 Å². The van der Waals surface area contributed by atoms with E-state index in [-0.39, 0.29) is 12.3 Å². The molecule has 1 heterocycles. The zero-order valence-corrected chi connectivity index (χ0v) is 20.2. The van der Waals surface area contributed by atoms with Crippen LogP contribution in [0.15, 0.2) is 48.5 Å². The molecule has 1 aromatic heterocycles. The monoisotopic (exact) mass is 449 g/mol. The number of esters is 1. The Balaban J connectivity index is 1.94. The average Bonchev–Trinajstić information content (AvgIpc) is 3.13. The highest BCUT2D eigenvalue weighted by atomic mass is 16.7. The first-order valence-corrected chi connectivity index (χ1v) is 11.8.